The average molecular weight is 243 g/mol. The van der Waals surface area contributed by atoms with Crippen LogP contribution in [0, 0.1) is 6.92 Å². The minimum atomic E-state index is -0.275. The molecule has 0 fully saturated rings. The lowest BCUT2D eigenvalue weighted by molar-refractivity contribution is 0.558. The fourth-order valence-corrected chi connectivity index (χ4v) is 2.83. The molecule has 0 amide bonds. The predicted molar refractivity (Wildman–Crippen MR) is 73.4 cm³/mol. The molecule has 0 saturated heterocycles. The maximum atomic E-state index is 11.4. The summed E-state index contributed by atoms with van der Waals surface area (Å²) in [4.78, 5) is 11.4. The van der Waals surface area contributed by atoms with Gasteiger partial charge in [0, 0.05) is 29.8 Å². The van der Waals surface area contributed by atoms with E-state index in [0.717, 1.165) is 29.6 Å². The average Bonchev–Trinajstić information content (AvgIpc) is 2.36. The Morgan fingerprint density at radius 2 is 2.22 bits per heavy atom. The number of aryl methyl sites for hydroxylation is 1. The summed E-state index contributed by atoms with van der Waals surface area (Å²) in [5.41, 5.74) is 3.87. The summed E-state index contributed by atoms with van der Waals surface area (Å²) in [7, 11) is 0. The first-order valence-corrected chi connectivity index (χ1v) is 6.51. The summed E-state index contributed by atoms with van der Waals surface area (Å²) in [6, 6.07) is 5.72. The zero-order valence-corrected chi connectivity index (χ0v) is 10.7. The highest BCUT2D eigenvalue weighted by atomic mass is 16.4. The van der Waals surface area contributed by atoms with Crippen LogP contribution in [0.5, 0.6) is 0 Å². The van der Waals surface area contributed by atoms with Crippen molar-refractivity contribution in [3.63, 3.8) is 0 Å². The number of hydrogen-bond acceptors (Lipinski definition) is 3. The molecule has 94 valence electrons. The van der Waals surface area contributed by atoms with E-state index in [1.807, 2.05) is 13.0 Å². The quantitative estimate of drug-likeness (QED) is 0.780. The minimum absolute atomic E-state index is 0.275. The van der Waals surface area contributed by atoms with Crippen LogP contribution in [0.1, 0.15) is 36.8 Å². The highest BCUT2D eigenvalue weighted by Gasteiger charge is 2.20. The Balaban J connectivity index is 2.29. The van der Waals surface area contributed by atoms with Crippen molar-refractivity contribution in [3.8, 4) is 0 Å². The van der Waals surface area contributed by atoms with E-state index >= 15 is 0 Å². The maximum absolute atomic E-state index is 11.4. The number of anilines is 1. The second kappa shape index (κ2) is 4.16. The number of fused-ring (bicyclic) bond motifs is 2. The molecule has 0 bridgehead atoms. The molecule has 0 spiro atoms. The molecule has 1 atom stereocenters. The van der Waals surface area contributed by atoms with Gasteiger partial charge < -0.3 is 9.73 Å². The van der Waals surface area contributed by atoms with Crippen LogP contribution in [0.15, 0.2) is 27.4 Å². The molecule has 1 aliphatic heterocycles. The van der Waals surface area contributed by atoms with Crippen molar-refractivity contribution in [3.05, 3.63) is 39.7 Å². The van der Waals surface area contributed by atoms with Crippen molar-refractivity contribution in [1.82, 2.24) is 0 Å². The summed E-state index contributed by atoms with van der Waals surface area (Å²) in [5, 5.41) is 4.45. The van der Waals surface area contributed by atoms with Crippen LogP contribution in [0.3, 0.4) is 0 Å². The topological polar surface area (TPSA) is 42.2 Å². The lowest BCUT2D eigenvalue weighted by Crippen LogP contribution is -2.16. The van der Waals surface area contributed by atoms with E-state index in [-0.39, 0.29) is 5.63 Å². The highest BCUT2D eigenvalue weighted by molar-refractivity contribution is 5.85. The Kier molecular flexibility index (Phi) is 2.62. The van der Waals surface area contributed by atoms with Gasteiger partial charge >= 0.3 is 5.63 Å². The minimum Gasteiger partial charge on any atom is -0.423 e. The van der Waals surface area contributed by atoms with Crippen molar-refractivity contribution in [2.24, 2.45) is 0 Å². The molecule has 0 saturated carbocycles. The van der Waals surface area contributed by atoms with Gasteiger partial charge in [-0.2, -0.15) is 0 Å². The molecule has 0 radical (unpaired) electrons. The van der Waals surface area contributed by atoms with Crippen LogP contribution in [-0.2, 0) is 0 Å². The summed E-state index contributed by atoms with van der Waals surface area (Å²) in [5.74, 6) is 0.608. The highest BCUT2D eigenvalue weighted by Crippen LogP contribution is 2.36. The van der Waals surface area contributed by atoms with Crippen molar-refractivity contribution >= 4 is 16.7 Å². The van der Waals surface area contributed by atoms with E-state index < -0.39 is 0 Å². The third-order valence-electron chi connectivity index (χ3n) is 3.86. The molecule has 0 aliphatic carbocycles. The molecule has 3 nitrogen and oxygen atoms in total. The van der Waals surface area contributed by atoms with Crippen molar-refractivity contribution in [2.75, 3.05) is 11.9 Å². The number of rotatable bonds is 1. The monoisotopic (exact) mass is 243 g/mol. The first-order chi connectivity index (χ1) is 8.69. The van der Waals surface area contributed by atoms with E-state index in [1.54, 1.807) is 6.07 Å². The van der Waals surface area contributed by atoms with Gasteiger partial charge in [0.1, 0.15) is 5.58 Å². The Labute approximate surface area is 106 Å². The van der Waals surface area contributed by atoms with Gasteiger partial charge in [-0.05, 0) is 42.9 Å². The van der Waals surface area contributed by atoms with Crippen molar-refractivity contribution < 1.29 is 4.42 Å². The fourth-order valence-electron chi connectivity index (χ4n) is 2.83. The summed E-state index contributed by atoms with van der Waals surface area (Å²) < 4.78 is 5.28. The van der Waals surface area contributed by atoms with Gasteiger partial charge in [-0.25, -0.2) is 4.79 Å². The lowest BCUT2D eigenvalue weighted by atomic mass is 9.88. The van der Waals surface area contributed by atoms with E-state index in [0.29, 0.717) is 11.5 Å². The molecule has 2 heterocycles. The smallest absolute Gasteiger partial charge is 0.336 e. The zero-order chi connectivity index (χ0) is 12.7. The van der Waals surface area contributed by atoms with Gasteiger partial charge in [0.05, 0.1) is 0 Å². The third kappa shape index (κ3) is 1.70. The fraction of sp³-hybridized carbons (Fsp3) is 0.400. The number of hydrogen-bond donors (Lipinski definition) is 1. The Hall–Kier alpha value is -1.77. The van der Waals surface area contributed by atoms with Gasteiger partial charge in [-0.1, -0.05) is 6.92 Å². The van der Waals surface area contributed by atoms with Crippen molar-refractivity contribution in [2.45, 2.75) is 32.6 Å². The van der Waals surface area contributed by atoms with Crippen molar-refractivity contribution in [1.29, 1.82) is 0 Å². The maximum Gasteiger partial charge on any atom is 0.336 e. The van der Waals surface area contributed by atoms with Crippen LogP contribution in [0.4, 0.5) is 5.69 Å². The van der Waals surface area contributed by atoms with Gasteiger partial charge in [-0.3, -0.25) is 0 Å². The SMILES string of the molecule is CCC1CCNc2cc3oc(=O)cc(C)c3cc21. The first-order valence-electron chi connectivity index (χ1n) is 6.51. The molecule has 1 N–H and O–H groups in total. The molecule has 1 aliphatic rings. The van der Waals surface area contributed by atoms with E-state index in [9.17, 15) is 4.79 Å². The van der Waals surface area contributed by atoms with Crippen LogP contribution in [0.25, 0.3) is 11.0 Å². The Bertz CT molecular complexity index is 657. The molecule has 1 unspecified atom stereocenters. The number of nitrogens with one attached hydrogen (secondary N) is 1. The van der Waals surface area contributed by atoms with Gasteiger partial charge in [0.2, 0.25) is 0 Å². The lowest BCUT2D eigenvalue weighted by Gasteiger charge is -2.26. The predicted octanol–water partition coefficient (Wildman–Crippen LogP) is 3.41. The zero-order valence-electron chi connectivity index (χ0n) is 10.7. The Morgan fingerprint density at radius 1 is 1.39 bits per heavy atom. The van der Waals surface area contributed by atoms with Gasteiger partial charge in [0.25, 0.3) is 0 Å². The molecule has 1 aromatic heterocycles. The molecule has 1 aromatic carbocycles. The molecule has 18 heavy (non-hydrogen) atoms. The van der Waals surface area contributed by atoms with E-state index in [4.69, 9.17) is 4.42 Å². The standard InChI is InChI=1S/C15H17NO2/c1-3-10-4-5-16-13-8-14-11(7-12(10)13)9(2)6-15(17)18-14/h6-8,10,16H,3-5H2,1-2H3. The van der Waals surface area contributed by atoms with E-state index in [1.165, 1.54) is 12.0 Å². The largest absolute Gasteiger partial charge is 0.423 e. The first kappa shape index (κ1) is 11.3. The van der Waals surface area contributed by atoms with E-state index in [2.05, 4.69) is 18.3 Å². The molecular weight excluding hydrogens is 226 g/mol. The number of benzene rings is 1. The normalized spacial score (nSPS) is 18.4. The summed E-state index contributed by atoms with van der Waals surface area (Å²) in [6.45, 7) is 5.18. The van der Waals surface area contributed by atoms with Gasteiger partial charge in [-0.15, -0.1) is 0 Å². The van der Waals surface area contributed by atoms with Crippen LogP contribution in [-0.4, -0.2) is 6.54 Å². The van der Waals surface area contributed by atoms with Crippen LogP contribution >= 0.6 is 0 Å². The second-order valence-corrected chi connectivity index (χ2v) is 5.00. The molecule has 3 rings (SSSR count). The molecule has 3 heteroatoms. The third-order valence-corrected chi connectivity index (χ3v) is 3.86. The molecular formula is C15H17NO2. The van der Waals surface area contributed by atoms with Gasteiger partial charge in [0.15, 0.2) is 0 Å². The Morgan fingerprint density at radius 3 is 3.00 bits per heavy atom. The van der Waals surface area contributed by atoms with Crippen LogP contribution < -0.4 is 10.9 Å². The summed E-state index contributed by atoms with van der Waals surface area (Å²) in [6.07, 6.45) is 2.32. The second-order valence-electron chi connectivity index (χ2n) is 5.00. The van der Waals surface area contributed by atoms with Crippen LogP contribution in [0.2, 0.25) is 0 Å². The molecule has 2 aromatic rings. The summed E-state index contributed by atoms with van der Waals surface area (Å²) >= 11 is 0.